The maximum atomic E-state index is 8.79. The van der Waals surface area contributed by atoms with Crippen molar-refractivity contribution in [1.82, 2.24) is 0 Å². The lowest BCUT2D eigenvalue weighted by Gasteiger charge is -2.34. The molecular formula is C17H32O4. The van der Waals surface area contributed by atoms with Gasteiger partial charge in [0.25, 0.3) is 0 Å². The highest BCUT2D eigenvalue weighted by Gasteiger charge is 2.27. The summed E-state index contributed by atoms with van der Waals surface area (Å²) in [4.78, 5) is 0. The van der Waals surface area contributed by atoms with Gasteiger partial charge in [-0.25, -0.2) is 0 Å². The first-order valence-corrected chi connectivity index (χ1v) is 8.76. The van der Waals surface area contributed by atoms with Crippen molar-refractivity contribution >= 4 is 0 Å². The average Bonchev–Trinajstić information content (AvgIpc) is 2.53. The monoisotopic (exact) mass is 300 g/mol. The Bertz CT molecular complexity index is 230. The van der Waals surface area contributed by atoms with Crippen LogP contribution in [0.1, 0.15) is 57.8 Å². The zero-order chi connectivity index (χ0) is 14.9. The van der Waals surface area contributed by atoms with Crippen molar-refractivity contribution in [3.05, 3.63) is 0 Å². The number of ether oxygens (including phenoxy) is 2. The van der Waals surface area contributed by atoms with Gasteiger partial charge in [0.15, 0.2) is 0 Å². The number of hydrogen-bond donors (Lipinski definition) is 2. The van der Waals surface area contributed by atoms with Crippen molar-refractivity contribution in [2.24, 2.45) is 11.8 Å². The van der Waals surface area contributed by atoms with Gasteiger partial charge >= 0.3 is 0 Å². The third-order valence-electron chi connectivity index (χ3n) is 5.14. The molecule has 2 aliphatic carbocycles. The first kappa shape index (κ1) is 17.2. The van der Waals surface area contributed by atoms with E-state index in [4.69, 9.17) is 19.7 Å². The van der Waals surface area contributed by atoms with Crippen LogP contribution in [0.2, 0.25) is 0 Å². The Hall–Kier alpha value is -0.160. The minimum absolute atomic E-state index is 0.140. The highest BCUT2D eigenvalue weighted by atomic mass is 16.5. The molecule has 0 aromatic carbocycles. The molecule has 0 spiro atoms. The van der Waals surface area contributed by atoms with Crippen molar-refractivity contribution in [1.29, 1.82) is 0 Å². The van der Waals surface area contributed by atoms with E-state index in [1.54, 1.807) is 0 Å². The first-order chi connectivity index (χ1) is 10.3. The predicted octanol–water partition coefficient (Wildman–Crippen LogP) is 2.51. The Morgan fingerprint density at radius 3 is 1.33 bits per heavy atom. The maximum absolute atomic E-state index is 8.79. The van der Waals surface area contributed by atoms with E-state index in [-0.39, 0.29) is 13.2 Å². The summed E-state index contributed by atoms with van der Waals surface area (Å²) in [6.45, 7) is 1.27. The molecule has 0 heterocycles. The van der Waals surface area contributed by atoms with Crippen LogP contribution in [-0.4, -0.2) is 48.8 Å². The number of hydrogen-bond acceptors (Lipinski definition) is 4. The van der Waals surface area contributed by atoms with Crippen LogP contribution in [0.5, 0.6) is 0 Å². The van der Waals surface area contributed by atoms with Crippen molar-refractivity contribution in [3.63, 3.8) is 0 Å². The van der Waals surface area contributed by atoms with E-state index in [0.717, 1.165) is 11.8 Å². The summed E-state index contributed by atoms with van der Waals surface area (Å²) in [6, 6.07) is 0. The molecule has 0 bridgehead atoms. The van der Waals surface area contributed by atoms with Gasteiger partial charge in [-0.3, -0.25) is 0 Å². The largest absolute Gasteiger partial charge is 0.394 e. The van der Waals surface area contributed by atoms with Crippen molar-refractivity contribution in [2.45, 2.75) is 70.0 Å². The molecule has 0 aromatic rings. The summed E-state index contributed by atoms with van der Waals surface area (Å²) in [5, 5.41) is 17.6. The van der Waals surface area contributed by atoms with Gasteiger partial charge in [0.2, 0.25) is 0 Å². The molecule has 2 rings (SSSR count). The fraction of sp³-hybridized carbons (Fsp3) is 1.00. The second-order valence-corrected chi connectivity index (χ2v) is 6.71. The summed E-state index contributed by atoms with van der Waals surface area (Å²) >= 11 is 0. The van der Waals surface area contributed by atoms with Crippen LogP contribution in [0.25, 0.3) is 0 Å². The molecule has 0 aliphatic heterocycles. The molecule has 124 valence electrons. The van der Waals surface area contributed by atoms with Crippen molar-refractivity contribution in [3.8, 4) is 0 Å². The van der Waals surface area contributed by atoms with Gasteiger partial charge in [0, 0.05) is 0 Å². The molecule has 2 saturated carbocycles. The Morgan fingerprint density at radius 2 is 1.00 bits per heavy atom. The van der Waals surface area contributed by atoms with Gasteiger partial charge in [-0.15, -0.1) is 0 Å². The number of aliphatic hydroxyl groups is 2. The summed E-state index contributed by atoms with van der Waals surface area (Å²) in [5.74, 6) is 1.75. The maximum Gasteiger partial charge on any atom is 0.0701 e. The van der Waals surface area contributed by atoms with Crippen LogP contribution < -0.4 is 0 Å². The van der Waals surface area contributed by atoms with Gasteiger partial charge in [0.1, 0.15) is 0 Å². The van der Waals surface area contributed by atoms with Crippen LogP contribution in [0, 0.1) is 11.8 Å². The molecule has 21 heavy (non-hydrogen) atoms. The van der Waals surface area contributed by atoms with E-state index in [1.165, 1.54) is 57.8 Å². The molecule has 4 heteroatoms. The highest BCUT2D eigenvalue weighted by molar-refractivity contribution is 4.79. The molecule has 2 N–H and O–H groups in total. The second kappa shape index (κ2) is 9.78. The molecule has 0 aromatic heterocycles. The molecule has 0 saturated heterocycles. The molecule has 0 radical (unpaired) electrons. The van der Waals surface area contributed by atoms with Gasteiger partial charge in [0.05, 0.1) is 38.6 Å². The van der Waals surface area contributed by atoms with Crippen molar-refractivity contribution in [2.75, 3.05) is 26.4 Å². The minimum atomic E-state index is 0.140. The van der Waals surface area contributed by atoms with Crippen LogP contribution in [0.3, 0.4) is 0 Å². The highest BCUT2D eigenvalue weighted by Crippen LogP contribution is 2.36. The molecule has 2 aliphatic rings. The van der Waals surface area contributed by atoms with Gasteiger partial charge in [-0.05, 0) is 69.6 Å². The minimum Gasteiger partial charge on any atom is -0.394 e. The zero-order valence-corrected chi connectivity index (χ0v) is 13.2. The lowest BCUT2D eigenvalue weighted by molar-refractivity contribution is -0.0105. The molecule has 0 amide bonds. The van der Waals surface area contributed by atoms with Crippen LogP contribution in [0.15, 0.2) is 0 Å². The lowest BCUT2D eigenvalue weighted by Crippen LogP contribution is -2.27. The fourth-order valence-corrected chi connectivity index (χ4v) is 3.98. The van der Waals surface area contributed by atoms with Crippen LogP contribution in [0.4, 0.5) is 0 Å². The molecule has 4 nitrogen and oxygen atoms in total. The van der Waals surface area contributed by atoms with Gasteiger partial charge in [-0.2, -0.15) is 0 Å². The van der Waals surface area contributed by atoms with Gasteiger partial charge < -0.3 is 19.7 Å². The lowest BCUT2D eigenvalue weighted by atomic mass is 9.76. The quantitative estimate of drug-likeness (QED) is 0.723. The third-order valence-corrected chi connectivity index (χ3v) is 5.14. The van der Waals surface area contributed by atoms with E-state index in [2.05, 4.69) is 0 Å². The third kappa shape index (κ3) is 6.23. The second-order valence-electron chi connectivity index (χ2n) is 6.71. The molecule has 2 fully saturated rings. The first-order valence-electron chi connectivity index (χ1n) is 8.76. The Labute approximate surface area is 128 Å². The van der Waals surface area contributed by atoms with Crippen LogP contribution >= 0.6 is 0 Å². The summed E-state index contributed by atoms with van der Waals surface area (Å²) in [7, 11) is 0. The van der Waals surface area contributed by atoms with Gasteiger partial charge in [-0.1, -0.05) is 0 Å². The number of aliphatic hydroxyl groups excluding tert-OH is 2. The number of rotatable bonds is 8. The zero-order valence-electron chi connectivity index (χ0n) is 13.2. The topological polar surface area (TPSA) is 58.9 Å². The molecular weight excluding hydrogens is 268 g/mol. The normalized spacial score (nSPS) is 34.0. The Morgan fingerprint density at radius 1 is 0.619 bits per heavy atom. The fourth-order valence-electron chi connectivity index (χ4n) is 3.98. The van der Waals surface area contributed by atoms with Crippen molar-refractivity contribution < 1.29 is 19.7 Å². The summed E-state index contributed by atoms with van der Waals surface area (Å²) in [6.07, 6.45) is 12.0. The van der Waals surface area contributed by atoms with Crippen LogP contribution in [-0.2, 0) is 9.47 Å². The van der Waals surface area contributed by atoms with E-state index < -0.39 is 0 Å². The SMILES string of the molecule is OCCOC1CCC(CC2CCC(OCCO)CC2)CC1. The molecule has 0 unspecified atom stereocenters. The predicted molar refractivity (Wildman–Crippen MR) is 82.2 cm³/mol. The Kier molecular flexibility index (Phi) is 8.01. The molecule has 0 atom stereocenters. The Balaban J connectivity index is 1.57. The standard InChI is InChI=1S/C17H32O4/c18-9-11-20-16-5-1-14(2-6-16)13-15-3-7-17(8-4-15)21-12-10-19/h14-19H,1-13H2. The van der Waals surface area contributed by atoms with E-state index in [1.807, 2.05) is 0 Å². The smallest absolute Gasteiger partial charge is 0.0701 e. The van der Waals surface area contributed by atoms with E-state index in [0.29, 0.717) is 25.4 Å². The average molecular weight is 300 g/mol. The summed E-state index contributed by atoms with van der Waals surface area (Å²) in [5.41, 5.74) is 0. The van der Waals surface area contributed by atoms with E-state index in [9.17, 15) is 0 Å². The van der Waals surface area contributed by atoms with E-state index >= 15 is 0 Å². The summed E-state index contributed by atoms with van der Waals surface area (Å²) < 4.78 is 11.3.